The van der Waals surface area contributed by atoms with E-state index in [1.54, 1.807) is 0 Å². The van der Waals surface area contributed by atoms with E-state index in [2.05, 4.69) is 15.9 Å². The maximum absolute atomic E-state index is 13.5. The molecule has 0 spiro atoms. The largest absolute Gasteiger partial charge is 0.477 e. The maximum atomic E-state index is 13.5. The van der Waals surface area contributed by atoms with Crippen molar-refractivity contribution in [2.45, 2.75) is 6.54 Å². The van der Waals surface area contributed by atoms with Gasteiger partial charge in [0.2, 0.25) is 0 Å². The Kier molecular flexibility index (Phi) is 3.84. The Morgan fingerprint density at radius 2 is 2.20 bits per heavy atom. The van der Waals surface area contributed by atoms with Gasteiger partial charge >= 0.3 is 5.97 Å². The standard InChI is InChI=1S/C12H8BrFN2O4/c13-8-5-11(16(19)20)7(4-9(8)14)6-15-3-1-2-10(15)12(17)18/h1-5H,6H2,(H,17,18). The molecule has 0 amide bonds. The molecule has 0 saturated carbocycles. The molecule has 0 unspecified atom stereocenters. The predicted molar refractivity (Wildman–Crippen MR) is 71.2 cm³/mol. The topological polar surface area (TPSA) is 85.4 Å². The molecule has 104 valence electrons. The summed E-state index contributed by atoms with van der Waals surface area (Å²) >= 11 is 2.88. The number of halogens is 2. The van der Waals surface area contributed by atoms with E-state index in [4.69, 9.17) is 5.11 Å². The van der Waals surface area contributed by atoms with Crippen LogP contribution < -0.4 is 0 Å². The van der Waals surface area contributed by atoms with E-state index in [0.29, 0.717) is 0 Å². The van der Waals surface area contributed by atoms with Crippen molar-refractivity contribution in [3.8, 4) is 0 Å². The first-order chi connectivity index (χ1) is 9.40. The van der Waals surface area contributed by atoms with Crippen LogP contribution in [0, 0.1) is 15.9 Å². The third-order valence-electron chi connectivity index (χ3n) is 2.71. The minimum atomic E-state index is -1.16. The lowest BCUT2D eigenvalue weighted by atomic mass is 10.1. The highest BCUT2D eigenvalue weighted by atomic mass is 79.9. The molecule has 0 radical (unpaired) electrons. The summed E-state index contributed by atoms with van der Waals surface area (Å²) < 4.78 is 14.8. The lowest BCUT2D eigenvalue weighted by molar-refractivity contribution is -0.385. The fraction of sp³-hybridized carbons (Fsp3) is 0.0833. The van der Waals surface area contributed by atoms with Crippen molar-refractivity contribution in [3.05, 3.63) is 62.1 Å². The van der Waals surface area contributed by atoms with Crippen LogP contribution in [0.15, 0.2) is 34.9 Å². The molecule has 1 aromatic carbocycles. The number of hydrogen-bond acceptors (Lipinski definition) is 3. The highest BCUT2D eigenvalue weighted by Crippen LogP contribution is 2.27. The van der Waals surface area contributed by atoms with Crippen LogP contribution in [0.4, 0.5) is 10.1 Å². The molecule has 0 atom stereocenters. The molecule has 0 aliphatic carbocycles. The van der Waals surface area contributed by atoms with Gasteiger partial charge in [-0.05, 0) is 34.1 Å². The second kappa shape index (κ2) is 5.41. The summed E-state index contributed by atoms with van der Waals surface area (Å²) in [6, 6.07) is 4.95. The second-order valence-corrected chi connectivity index (χ2v) is 4.83. The number of rotatable bonds is 4. The van der Waals surface area contributed by atoms with Crippen molar-refractivity contribution < 1.29 is 19.2 Å². The number of nitro groups is 1. The van der Waals surface area contributed by atoms with Gasteiger partial charge in [0.15, 0.2) is 0 Å². The van der Waals surface area contributed by atoms with Crippen molar-refractivity contribution in [1.82, 2.24) is 4.57 Å². The van der Waals surface area contributed by atoms with E-state index >= 15 is 0 Å². The number of aromatic nitrogens is 1. The molecular formula is C12H8BrFN2O4. The van der Waals surface area contributed by atoms with E-state index in [-0.39, 0.29) is 28.0 Å². The van der Waals surface area contributed by atoms with Crippen LogP contribution in [0.25, 0.3) is 0 Å². The third kappa shape index (κ3) is 2.69. The SMILES string of the molecule is O=C(O)c1cccn1Cc1cc(F)c(Br)cc1[N+](=O)[O-]. The molecule has 1 heterocycles. The Morgan fingerprint density at radius 1 is 1.50 bits per heavy atom. The van der Waals surface area contributed by atoms with Gasteiger partial charge in [0.1, 0.15) is 11.5 Å². The number of carboxylic acids is 1. The number of aromatic carboxylic acids is 1. The van der Waals surface area contributed by atoms with Gasteiger partial charge in [0.25, 0.3) is 5.69 Å². The molecule has 0 aliphatic rings. The fourth-order valence-electron chi connectivity index (χ4n) is 1.80. The van der Waals surface area contributed by atoms with Crippen molar-refractivity contribution >= 4 is 27.6 Å². The third-order valence-corrected chi connectivity index (χ3v) is 3.32. The molecule has 0 bridgehead atoms. The van der Waals surface area contributed by atoms with Gasteiger partial charge in [0, 0.05) is 12.3 Å². The molecule has 2 aromatic rings. The molecule has 0 saturated heterocycles. The van der Waals surface area contributed by atoms with E-state index in [1.807, 2.05) is 0 Å². The fourth-order valence-corrected chi connectivity index (χ4v) is 2.14. The zero-order valence-corrected chi connectivity index (χ0v) is 11.5. The number of carboxylic acid groups (broad SMARTS) is 1. The van der Waals surface area contributed by atoms with Gasteiger partial charge in [-0.1, -0.05) is 0 Å². The zero-order chi connectivity index (χ0) is 14.9. The van der Waals surface area contributed by atoms with Gasteiger partial charge in [-0.25, -0.2) is 9.18 Å². The van der Waals surface area contributed by atoms with Crippen LogP contribution in [0.3, 0.4) is 0 Å². The Morgan fingerprint density at radius 3 is 2.80 bits per heavy atom. The number of benzene rings is 1. The molecular weight excluding hydrogens is 335 g/mol. The normalized spacial score (nSPS) is 10.5. The number of nitro benzene ring substituents is 1. The smallest absolute Gasteiger partial charge is 0.352 e. The number of hydrogen-bond donors (Lipinski definition) is 1. The molecule has 6 nitrogen and oxygen atoms in total. The summed E-state index contributed by atoms with van der Waals surface area (Å²) in [6.07, 6.45) is 1.47. The van der Waals surface area contributed by atoms with Gasteiger partial charge in [-0.3, -0.25) is 10.1 Å². The molecule has 2 rings (SSSR count). The quantitative estimate of drug-likeness (QED) is 0.683. The summed E-state index contributed by atoms with van der Waals surface area (Å²) in [5.41, 5.74) is -0.208. The van der Waals surface area contributed by atoms with Crippen molar-refractivity contribution in [3.63, 3.8) is 0 Å². The van der Waals surface area contributed by atoms with E-state index < -0.39 is 16.7 Å². The monoisotopic (exact) mass is 342 g/mol. The number of nitrogens with zero attached hydrogens (tertiary/aromatic N) is 2. The first-order valence-electron chi connectivity index (χ1n) is 5.41. The Bertz CT molecular complexity index is 699. The van der Waals surface area contributed by atoms with Crippen LogP contribution in [-0.2, 0) is 6.54 Å². The zero-order valence-electron chi connectivity index (χ0n) is 9.92. The average Bonchev–Trinajstić information content (AvgIpc) is 2.81. The minimum absolute atomic E-state index is 0.0149. The summed E-state index contributed by atoms with van der Waals surface area (Å²) in [4.78, 5) is 21.3. The van der Waals surface area contributed by atoms with Crippen LogP contribution in [0.2, 0.25) is 0 Å². The maximum Gasteiger partial charge on any atom is 0.352 e. The van der Waals surface area contributed by atoms with E-state index in [1.165, 1.54) is 22.9 Å². The van der Waals surface area contributed by atoms with Crippen LogP contribution >= 0.6 is 15.9 Å². The summed E-state index contributed by atoms with van der Waals surface area (Å²) in [6.45, 7) is -0.102. The van der Waals surface area contributed by atoms with Crippen molar-refractivity contribution in [1.29, 1.82) is 0 Å². The van der Waals surface area contributed by atoms with Gasteiger partial charge < -0.3 is 9.67 Å². The summed E-state index contributed by atoms with van der Waals surface area (Å²) in [5, 5.41) is 19.9. The first kappa shape index (κ1) is 14.2. The Balaban J connectivity index is 2.47. The molecule has 8 heteroatoms. The summed E-state index contributed by atoms with van der Waals surface area (Å²) in [5.74, 6) is -1.80. The molecule has 1 N–H and O–H groups in total. The van der Waals surface area contributed by atoms with E-state index in [9.17, 15) is 19.3 Å². The van der Waals surface area contributed by atoms with Gasteiger partial charge in [0.05, 0.1) is 21.5 Å². The van der Waals surface area contributed by atoms with Crippen LogP contribution in [0.5, 0.6) is 0 Å². The average molecular weight is 343 g/mol. The molecule has 20 heavy (non-hydrogen) atoms. The van der Waals surface area contributed by atoms with Gasteiger partial charge in [-0.2, -0.15) is 0 Å². The van der Waals surface area contributed by atoms with Crippen LogP contribution in [0.1, 0.15) is 16.1 Å². The second-order valence-electron chi connectivity index (χ2n) is 3.98. The first-order valence-corrected chi connectivity index (χ1v) is 6.20. The lowest BCUT2D eigenvalue weighted by Gasteiger charge is -2.08. The highest BCUT2D eigenvalue weighted by Gasteiger charge is 2.19. The predicted octanol–water partition coefficient (Wildman–Crippen LogP) is 3.04. The van der Waals surface area contributed by atoms with E-state index in [0.717, 1.165) is 12.1 Å². The Hall–Kier alpha value is -2.22. The molecule has 1 aromatic heterocycles. The minimum Gasteiger partial charge on any atom is -0.477 e. The molecule has 0 aliphatic heterocycles. The highest BCUT2D eigenvalue weighted by molar-refractivity contribution is 9.10. The van der Waals surface area contributed by atoms with Crippen molar-refractivity contribution in [2.24, 2.45) is 0 Å². The Labute approximate surface area is 120 Å². The summed E-state index contributed by atoms with van der Waals surface area (Å²) in [7, 11) is 0. The number of carbonyl (C=O) groups is 1. The van der Waals surface area contributed by atoms with Crippen molar-refractivity contribution in [2.75, 3.05) is 0 Å². The van der Waals surface area contributed by atoms with Crippen LogP contribution in [-0.4, -0.2) is 20.6 Å². The molecule has 0 fully saturated rings. The van der Waals surface area contributed by atoms with Gasteiger partial charge in [-0.15, -0.1) is 0 Å². The lowest BCUT2D eigenvalue weighted by Crippen LogP contribution is -2.10.